The molecule has 0 rings (SSSR count). The predicted octanol–water partition coefficient (Wildman–Crippen LogP) is 0.757. The molecule has 1 unspecified atom stereocenters. The Morgan fingerprint density at radius 2 is 1.73 bits per heavy atom. The third-order valence-corrected chi connectivity index (χ3v) is 1.84. The van der Waals surface area contributed by atoms with Crippen LogP contribution in [0.5, 0.6) is 0 Å². The molecular formula is C9H14Na2O4. The van der Waals surface area contributed by atoms with E-state index >= 15 is 0 Å². The maximum absolute atomic E-state index is 10.6. The summed E-state index contributed by atoms with van der Waals surface area (Å²) in [5, 5.41) is 17.2. The average Bonchev–Trinajstić information content (AvgIpc) is 2.04. The van der Waals surface area contributed by atoms with Gasteiger partial charge in [0.25, 0.3) is 0 Å². The van der Waals surface area contributed by atoms with Crippen LogP contribution in [0.15, 0.2) is 12.2 Å². The summed E-state index contributed by atoms with van der Waals surface area (Å²) in [5.74, 6) is -3.29. The Kier molecular flexibility index (Phi) is 15.7. The van der Waals surface area contributed by atoms with Crippen LogP contribution in [0.2, 0.25) is 0 Å². The third kappa shape index (κ3) is 8.48. The Labute approximate surface area is 134 Å². The fraction of sp³-hybridized carbons (Fsp3) is 0.556. The summed E-state index contributed by atoms with van der Waals surface area (Å²) in [6.45, 7) is 5.17. The summed E-state index contributed by atoms with van der Waals surface area (Å²) < 4.78 is 0. The van der Waals surface area contributed by atoms with Crippen LogP contribution in [0.25, 0.3) is 0 Å². The van der Waals surface area contributed by atoms with E-state index < -0.39 is 17.9 Å². The molecule has 15 heavy (non-hydrogen) atoms. The van der Waals surface area contributed by atoms with Crippen molar-refractivity contribution in [1.82, 2.24) is 0 Å². The van der Waals surface area contributed by atoms with Gasteiger partial charge >= 0.3 is 11.9 Å². The minimum atomic E-state index is -1.23. The van der Waals surface area contributed by atoms with Gasteiger partial charge < -0.3 is 10.2 Å². The Hall–Kier alpha value is 0.680. The Morgan fingerprint density at radius 1 is 1.27 bits per heavy atom. The number of aliphatic carboxylic acids is 2. The van der Waals surface area contributed by atoms with Gasteiger partial charge in [0.15, 0.2) is 0 Å². The summed E-state index contributed by atoms with van der Waals surface area (Å²) >= 11 is 0. The molecular weight excluding hydrogens is 218 g/mol. The molecule has 0 aliphatic carbocycles. The second-order valence-electron chi connectivity index (χ2n) is 2.86. The van der Waals surface area contributed by atoms with E-state index in [1.807, 2.05) is 6.92 Å². The van der Waals surface area contributed by atoms with Gasteiger partial charge in [0, 0.05) is 64.7 Å². The third-order valence-electron chi connectivity index (χ3n) is 1.84. The van der Waals surface area contributed by atoms with Gasteiger partial charge in [-0.2, -0.15) is 0 Å². The summed E-state index contributed by atoms with van der Waals surface area (Å²) in [6.07, 6.45) is 1.89. The first-order chi connectivity index (χ1) is 6.00. The molecule has 0 saturated heterocycles. The van der Waals surface area contributed by atoms with Crippen molar-refractivity contribution >= 4 is 71.1 Å². The van der Waals surface area contributed by atoms with Gasteiger partial charge in [0.2, 0.25) is 0 Å². The Balaban J connectivity index is -0.000000720. The minimum Gasteiger partial charge on any atom is -0.481 e. The van der Waals surface area contributed by atoms with Gasteiger partial charge in [-0.05, 0) is 6.42 Å². The second-order valence-corrected chi connectivity index (χ2v) is 2.86. The Bertz CT molecular complexity index is 228. The molecule has 0 aliphatic rings. The largest absolute Gasteiger partial charge is 0.481 e. The van der Waals surface area contributed by atoms with E-state index in [-0.39, 0.29) is 64.7 Å². The molecule has 2 radical (unpaired) electrons. The second kappa shape index (κ2) is 11.2. The van der Waals surface area contributed by atoms with Gasteiger partial charge in [-0.15, -0.1) is 0 Å². The van der Waals surface area contributed by atoms with Crippen molar-refractivity contribution < 1.29 is 19.8 Å². The van der Waals surface area contributed by atoms with Crippen LogP contribution in [-0.2, 0) is 9.59 Å². The number of rotatable bonds is 6. The fourth-order valence-corrected chi connectivity index (χ4v) is 1.00. The van der Waals surface area contributed by atoms with Crippen molar-refractivity contribution in [2.24, 2.45) is 5.92 Å². The van der Waals surface area contributed by atoms with E-state index in [9.17, 15) is 9.59 Å². The van der Waals surface area contributed by atoms with Gasteiger partial charge in [0.05, 0.1) is 5.92 Å². The van der Waals surface area contributed by atoms with Gasteiger partial charge in [-0.1, -0.05) is 26.3 Å². The van der Waals surface area contributed by atoms with E-state index in [0.29, 0.717) is 12.8 Å². The summed E-state index contributed by atoms with van der Waals surface area (Å²) in [4.78, 5) is 21.1. The van der Waals surface area contributed by atoms with Crippen LogP contribution >= 0.6 is 0 Å². The summed E-state index contributed by atoms with van der Waals surface area (Å²) in [6, 6.07) is 0. The molecule has 0 fully saturated rings. The molecule has 0 aromatic carbocycles. The van der Waals surface area contributed by atoms with Crippen molar-refractivity contribution in [1.29, 1.82) is 0 Å². The number of carbonyl (C=O) groups is 2. The number of carboxylic acids is 2. The number of hydrogen-bond donors (Lipinski definition) is 2. The van der Waals surface area contributed by atoms with Crippen LogP contribution in [0.4, 0.5) is 0 Å². The molecule has 2 N–H and O–H groups in total. The van der Waals surface area contributed by atoms with Gasteiger partial charge in [-0.3, -0.25) is 4.79 Å². The fourth-order valence-electron chi connectivity index (χ4n) is 1.00. The van der Waals surface area contributed by atoms with E-state index in [0.717, 1.165) is 6.42 Å². The standard InChI is InChI=1S/C9H14O4.2Na/c1-3-4-5-7(9(12)13)6(2)8(10)11;;/h7H,2-5H2,1H3,(H,10,11)(H,12,13);;. The molecule has 0 aromatic heterocycles. The first kappa shape index (κ1) is 21.0. The van der Waals surface area contributed by atoms with Crippen LogP contribution in [0, 0.1) is 5.92 Å². The number of unbranched alkanes of at least 4 members (excludes halogenated alkanes) is 1. The van der Waals surface area contributed by atoms with Crippen LogP contribution in [0.3, 0.4) is 0 Å². The van der Waals surface area contributed by atoms with Crippen LogP contribution in [-0.4, -0.2) is 81.3 Å². The monoisotopic (exact) mass is 232 g/mol. The molecule has 0 spiro atoms. The predicted molar refractivity (Wildman–Crippen MR) is 58.9 cm³/mol. The molecule has 0 heterocycles. The number of hydrogen-bond acceptors (Lipinski definition) is 2. The molecule has 0 saturated carbocycles. The molecule has 0 aromatic rings. The number of carboxylic acid groups (broad SMARTS) is 2. The van der Waals surface area contributed by atoms with Crippen molar-refractivity contribution in [3.63, 3.8) is 0 Å². The zero-order valence-electron chi connectivity index (χ0n) is 9.62. The van der Waals surface area contributed by atoms with Crippen LogP contribution in [0.1, 0.15) is 26.2 Å². The van der Waals surface area contributed by atoms with Crippen molar-refractivity contribution in [3.05, 3.63) is 12.2 Å². The first-order valence-corrected chi connectivity index (χ1v) is 4.15. The van der Waals surface area contributed by atoms with Crippen molar-refractivity contribution in [2.45, 2.75) is 26.2 Å². The SMILES string of the molecule is C=C(C(=O)O)C(CCCC)C(=O)O.[Na].[Na]. The molecule has 76 valence electrons. The topological polar surface area (TPSA) is 74.6 Å². The van der Waals surface area contributed by atoms with Gasteiger partial charge in [-0.25, -0.2) is 4.79 Å². The zero-order valence-corrected chi connectivity index (χ0v) is 13.6. The van der Waals surface area contributed by atoms with Crippen LogP contribution < -0.4 is 0 Å². The van der Waals surface area contributed by atoms with Gasteiger partial charge in [0.1, 0.15) is 0 Å². The normalized spacial score (nSPS) is 10.5. The van der Waals surface area contributed by atoms with Crippen molar-refractivity contribution in [2.75, 3.05) is 0 Å². The smallest absolute Gasteiger partial charge is 0.331 e. The zero-order chi connectivity index (χ0) is 10.4. The van der Waals surface area contributed by atoms with E-state index in [2.05, 4.69) is 6.58 Å². The van der Waals surface area contributed by atoms with E-state index in [1.54, 1.807) is 0 Å². The molecule has 1 atom stereocenters. The molecule has 6 heteroatoms. The average molecular weight is 232 g/mol. The summed E-state index contributed by atoms with van der Waals surface area (Å²) in [7, 11) is 0. The first-order valence-electron chi connectivity index (χ1n) is 4.15. The van der Waals surface area contributed by atoms with E-state index in [1.165, 1.54) is 0 Å². The quantitative estimate of drug-likeness (QED) is 0.523. The van der Waals surface area contributed by atoms with Crippen molar-refractivity contribution in [3.8, 4) is 0 Å². The molecule has 0 aliphatic heterocycles. The minimum absolute atomic E-state index is 0. The summed E-state index contributed by atoms with van der Waals surface area (Å²) in [5.41, 5.74) is -0.235. The maximum Gasteiger partial charge on any atom is 0.331 e. The van der Waals surface area contributed by atoms with E-state index in [4.69, 9.17) is 10.2 Å². The molecule has 0 amide bonds. The molecule has 4 nitrogen and oxygen atoms in total. The molecule has 0 bridgehead atoms. The Morgan fingerprint density at radius 3 is 2.00 bits per heavy atom. The maximum atomic E-state index is 10.6.